The van der Waals surface area contributed by atoms with Crippen molar-refractivity contribution in [2.24, 2.45) is 0 Å². The lowest BCUT2D eigenvalue weighted by Gasteiger charge is -2.05. The van der Waals surface area contributed by atoms with E-state index < -0.39 is 0 Å². The molecule has 0 aliphatic carbocycles. The molecule has 4 aromatic rings. The fourth-order valence-electron chi connectivity index (χ4n) is 2.19. The highest BCUT2D eigenvalue weighted by atomic mass is 32.1. The molecule has 0 fully saturated rings. The van der Waals surface area contributed by atoms with Crippen LogP contribution in [0.2, 0.25) is 0 Å². The molecule has 0 amide bonds. The van der Waals surface area contributed by atoms with Crippen molar-refractivity contribution in [3.8, 4) is 10.7 Å². The van der Waals surface area contributed by atoms with Crippen molar-refractivity contribution in [2.75, 3.05) is 5.32 Å². The molecule has 0 saturated carbocycles. The van der Waals surface area contributed by atoms with Crippen molar-refractivity contribution in [1.82, 2.24) is 19.5 Å². The molecular formula is C16H13N5S2. The van der Waals surface area contributed by atoms with Crippen LogP contribution in [0.25, 0.3) is 10.7 Å². The summed E-state index contributed by atoms with van der Waals surface area (Å²) >= 11 is 3.18. The minimum absolute atomic E-state index is 0.825. The Morgan fingerprint density at radius 1 is 1.09 bits per heavy atom. The number of imidazole rings is 1. The molecule has 0 unspecified atom stereocenters. The largest absolute Gasteiger partial charge is 0.333 e. The third-order valence-electron chi connectivity index (χ3n) is 3.29. The van der Waals surface area contributed by atoms with Gasteiger partial charge in [-0.3, -0.25) is 0 Å². The van der Waals surface area contributed by atoms with Crippen molar-refractivity contribution in [3.05, 3.63) is 65.5 Å². The Morgan fingerprint density at radius 2 is 2.00 bits per heavy atom. The molecule has 3 aromatic heterocycles. The van der Waals surface area contributed by atoms with Gasteiger partial charge in [-0.15, -0.1) is 22.7 Å². The van der Waals surface area contributed by atoms with Crippen LogP contribution in [-0.4, -0.2) is 19.5 Å². The molecule has 0 bridgehead atoms. The first-order chi connectivity index (χ1) is 11.4. The van der Waals surface area contributed by atoms with Crippen LogP contribution in [0.15, 0.2) is 59.9 Å². The average molecular weight is 339 g/mol. The predicted molar refractivity (Wildman–Crippen MR) is 94.3 cm³/mol. The van der Waals surface area contributed by atoms with Crippen molar-refractivity contribution >= 4 is 33.5 Å². The zero-order valence-corrected chi connectivity index (χ0v) is 13.7. The Morgan fingerprint density at radius 3 is 2.74 bits per heavy atom. The lowest BCUT2D eigenvalue weighted by molar-refractivity contribution is 0.797. The van der Waals surface area contributed by atoms with Crippen LogP contribution >= 0.6 is 22.7 Å². The second-order valence-electron chi connectivity index (χ2n) is 4.93. The quantitative estimate of drug-likeness (QED) is 0.590. The Labute approximate surface area is 141 Å². The Balaban J connectivity index is 1.45. The summed E-state index contributed by atoms with van der Waals surface area (Å²) in [7, 11) is 0. The number of hydrogen-bond donors (Lipinski definition) is 1. The van der Waals surface area contributed by atoms with E-state index >= 15 is 0 Å². The van der Waals surface area contributed by atoms with Gasteiger partial charge in [0.25, 0.3) is 0 Å². The Kier molecular flexibility index (Phi) is 3.87. The third kappa shape index (κ3) is 3.30. The van der Waals surface area contributed by atoms with Gasteiger partial charge >= 0.3 is 0 Å². The van der Waals surface area contributed by atoms with Crippen molar-refractivity contribution in [2.45, 2.75) is 6.54 Å². The first kappa shape index (κ1) is 14.1. The normalized spacial score (nSPS) is 10.8. The standard InChI is InChI=1S/C16H13N5S2/c1-3-13(4-2-12(1)9-21-7-5-17-11-21)19-16-20-14(10-23-16)15-18-6-8-22-15/h1-8,10-11H,9H2,(H,19,20). The first-order valence-corrected chi connectivity index (χ1v) is 8.80. The maximum Gasteiger partial charge on any atom is 0.187 e. The average Bonchev–Trinajstić information content (AvgIpc) is 3.31. The van der Waals surface area contributed by atoms with E-state index in [1.807, 2.05) is 27.9 Å². The minimum Gasteiger partial charge on any atom is -0.333 e. The van der Waals surface area contributed by atoms with Gasteiger partial charge in [0.15, 0.2) is 5.13 Å². The number of nitrogens with zero attached hydrogens (tertiary/aromatic N) is 4. The molecular weight excluding hydrogens is 326 g/mol. The molecule has 5 nitrogen and oxygen atoms in total. The molecule has 23 heavy (non-hydrogen) atoms. The molecule has 1 N–H and O–H groups in total. The van der Waals surface area contributed by atoms with Crippen LogP contribution in [0.5, 0.6) is 0 Å². The van der Waals surface area contributed by atoms with E-state index in [1.165, 1.54) is 5.56 Å². The number of hydrogen-bond acceptors (Lipinski definition) is 6. The molecule has 0 saturated heterocycles. The lowest BCUT2D eigenvalue weighted by atomic mass is 10.2. The highest BCUT2D eigenvalue weighted by Crippen LogP contribution is 2.28. The van der Waals surface area contributed by atoms with Gasteiger partial charge in [-0.05, 0) is 17.7 Å². The van der Waals surface area contributed by atoms with Gasteiger partial charge in [0, 0.05) is 41.6 Å². The van der Waals surface area contributed by atoms with Gasteiger partial charge in [0.05, 0.1) is 6.33 Å². The summed E-state index contributed by atoms with van der Waals surface area (Å²) in [5, 5.41) is 9.14. The zero-order chi connectivity index (χ0) is 15.5. The van der Waals surface area contributed by atoms with Crippen LogP contribution in [0.1, 0.15) is 5.56 Å². The molecule has 0 aliphatic heterocycles. The number of benzene rings is 1. The van der Waals surface area contributed by atoms with Crippen LogP contribution in [-0.2, 0) is 6.54 Å². The molecule has 0 aliphatic rings. The number of rotatable bonds is 5. The maximum atomic E-state index is 4.57. The van der Waals surface area contributed by atoms with E-state index in [1.54, 1.807) is 35.1 Å². The van der Waals surface area contributed by atoms with Gasteiger partial charge < -0.3 is 9.88 Å². The van der Waals surface area contributed by atoms with E-state index in [2.05, 4.69) is 44.5 Å². The molecule has 0 spiro atoms. The fourth-order valence-corrected chi connectivity index (χ4v) is 3.58. The Bertz CT molecular complexity index is 864. The van der Waals surface area contributed by atoms with E-state index in [4.69, 9.17) is 0 Å². The zero-order valence-electron chi connectivity index (χ0n) is 12.1. The second kappa shape index (κ2) is 6.31. The highest BCUT2D eigenvalue weighted by molar-refractivity contribution is 7.15. The SMILES string of the molecule is c1cn(Cc2ccc(Nc3nc(-c4nccs4)cs3)cc2)cn1. The molecule has 1 aromatic carbocycles. The van der Waals surface area contributed by atoms with Crippen molar-refractivity contribution in [3.63, 3.8) is 0 Å². The summed E-state index contributed by atoms with van der Waals surface area (Å²) < 4.78 is 2.05. The number of thiazole rings is 2. The number of aromatic nitrogens is 4. The van der Waals surface area contributed by atoms with Crippen molar-refractivity contribution in [1.29, 1.82) is 0 Å². The van der Waals surface area contributed by atoms with Crippen LogP contribution in [0, 0.1) is 0 Å². The smallest absolute Gasteiger partial charge is 0.187 e. The number of nitrogens with one attached hydrogen (secondary N) is 1. The highest BCUT2D eigenvalue weighted by Gasteiger charge is 2.06. The van der Waals surface area contributed by atoms with E-state index in [9.17, 15) is 0 Å². The van der Waals surface area contributed by atoms with Gasteiger partial charge in [-0.1, -0.05) is 12.1 Å². The van der Waals surface area contributed by atoms with Crippen LogP contribution in [0.4, 0.5) is 10.8 Å². The fraction of sp³-hybridized carbons (Fsp3) is 0.0625. The molecule has 0 atom stereocenters. The molecule has 114 valence electrons. The predicted octanol–water partition coefficient (Wildman–Crippen LogP) is 4.26. The van der Waals surface area contributed by atoms with Gasteiger partial charge in [0.1, 0.15) is 10.7 Å². The lowest BCUT2D eigenvalue weighted by Crippen LogP contribution is -1.96. The van der Waals surface area contributed by atoms with Crippen LogP contribution in [0.3, 0.4) is 0 Å². The molecule has 7 heteroatoms. The van der Waals surface area contributed by atoms with Gasteiger partial charge in [-0.2, -0.15) is 0 Å². The third-order valence-corrected chi connectivity index (χ3v) is 4.84. The number of anilines is 2. The summed E-state index contributed by atoms with van der Waals surface area (Å²) in [5.41, 5.74) is 3.18. The van der Waals surface area contributed by atoms with Gasteiger partial charge in [-0.25, -0.2) is 15.0 Å². The summed E-state index contributed by atoms with van der Waals surface area (Å²) in [4.78, 5) is 12.9. The second-order valence-corrected chi connectivity index (χ2v) is 6.68. The first-order valence-electron chi connectivity index (χ1n) is 7.04. The molecule has 0 radical (unpaired) electrons. The topological polar surface area (TPSA) is 55.6 Å². The summed E-state index contributed by atoms with van der Waals surface area (Å²) in [6, 6.07) is 8.35. The van der Waals surface area contributed by atoms with Crippen LogP contribution < -0.4 is 5.32 Å². The molecule has 4 rings (SSSR count). The summed E-state index contributed by atoms with van der Waals surface area (Å²) in [5.74, 6) is 0. The van der Waals surface area contributed by atoms with E-state index in [-0.39, 0.29) is 0 Å². The summed E-state index contributed by atoms with van der Waals surface area (Å²) in [6.45, 7) is 0.825. The van der Waals surface area contributed by atoms with E-state index in [0.717, 1.165) is 28.1 Å². The van der Waals surface area contributed by atoms with E-state index in [0.29, 0.717) is 0 Å². The summed E-state index contributed by atoms with van der Waals surface area (Å²) in [6.07, 6.45) is 7.37. The van der Waals surface area contributed by atoms with Gasteiger partial charge in [0.2, 0.25) is 0 Å². The maximum absolute atomic E-state index is 4.57. The monoisotopic (exact) mass is 339 g/mol. The minimum atomic E-state index is 0.825. The van der Waals surface area contributed by atoms with Crippen molar-refractivity contribution < 1.29 is 0 Å². The Hall–Kier alpha value is -2.51. The molecule has 3 heterocycles.